The number of rotatable bonds is 5. The molecule has 3 aromatic heterocycles. The molecule has 0 aromatic carbocycles. The molecule has 5 heterocycles. The Bertz CT molecular complexity index is 1430. The quantitative estimate of drug-likeness (QED) is 0.488. The lowest BCUT2D eigenvalue weighted by Gasteiger charge is -2.39. The van der Waals surface area contributed by atoms with E-state index >= 15 is 0 Å². The van der Waals surface area contributed by atoms with Crippen LogP contribution < -0.4 is 0 Å². The Kier molecular flexibility index (Phi) is 6.66. The van der Waals surface area contributed by atoms with Crippen LogP contribution in [-0.2, 0) is 37.1 Å². The van der Waals surface area contributed by atoms with Crippen LogP contribution in [0.3, 0.4) is 0 Å². The molecule has 2 aliphatic heterocycles. The van der Waals surface area contributed by atoms with Gasteiger partial charge in [-0.15, -0.1) is 0 Å². The molecule has 8 nitrogen and oxygen atoms in total. The number of pyridine rings is 1. The maximum atomic E-state index is 13.7. The van der Waals surface area contributed by atoms with E-state index in [1.165, 1.54) is 0 Å². The van der Waals surface area contributed by atoms with Crippen molar-refractivity contribution in [3.8, 4) is 6.07 Å². The summed E-state index contributed by atoms with van der Waals surface area (Å²) in [5.74, 6) is 0.295. The molecule has 3 aliphatic rings. The van der Waals surface area contributed by atoms with E-state index in [0.717, 1.165) is 105 Å². The SMILES string of the molecule is CC(C)(C)Cc1c(CN2CCCC3(CCN(Cc4ccncc4)C3=O)C2)nn2c3c(c(C#N)nc12)CCCC3. The summed E-state index contributed by atoms with van der Waals surface area (Å²) in [4.78, 5) is 27.2. The third-order valence-corrected chi connectivity index (χ3v) is 8.80. The number of hydrogen-bond donors (Lipinski definition) is 0. The summed E-state index contributed by atoms with van der Waals surface area (Å²) < 4.78 is 2.06. The van der Waals surface area contributed by atoms with Crippen molar-refractivity contribution in [3.63, 3.8) is 0 Å². The Labute approximate surface area is 231 Å². The molecule has 2 saturated heterocycles. The molecule has 0 radical (unpaired) electrons. The second-order valence-electron chi connectivity index (χ2n) is 13.0. The van der Waals surface area contributed by atoms with E-state index in [1.54, 1.807) is 12.4 Å². The lowest BCUT2D eigenvalue weighted by Crippen LogP contribution is -2.47. The fraction of sp³-hybridized carbons (Fsp3) is 0.581. The van der Waals surface area contributed by atoms with Crippen LogP contribution in [0.1, 0.15) is 86.6 Å². The van der Waals surface area contributed by atoms with Crippen molar-refractivity contribution >= 4 is 11.6 Å². The van der Waals surface area contributed by atoms with Gasteiger partial charge in [0, 0.05) is 49.7 Å². The molecule has 2 fully saturated rings. The summed E-state index contributed by atoms with van der Waals surface area (Å²) in [6, 6.07) is 6.37. The van der Waals surface area contributed by atoms with Gasteiger partial charge in [-0.1, -0.05) is 20.8 Å². The fourth-order valence-corrected chi connectivity index (χ4v) is 6.98. The maximum Gasteiger partial charge on any atom is 0.230 e. The molecule has 3 aromatic rings. The molecule has 1 unspecified atom stereocenters. The maximum absolute atomic E-state index is 13.7. The molecule has 0 saturated carbocycles. The van der Waals surface area contributed by atoms with Gasteiger partial charge in [0.05, 0.1) is 16.8 Å². The number of nitrogens with zero attached hydrogens (tertiary/aromatic N) is 7. The van der Waals surface area contributed by atoms with E-state index in [-0.39, 0.29) is 10.8 Å². The zero-order valence-electron chi connectivity index (χ0n) is 23.5. The highest BCUT2D eigenvalue weighted by Crippen LogP contribution is 2.41. The number of hydrogen-bond acceptors (Lipinski definition) is 6. The van der Waals surface area contributed by atoms with Crippen molar-refractivity contribution in [1.82, 2.24) is 29.4 Å². The molecular formula is C31H39N7O. The highest BCUT2D eigenvalue weighted by atomic mass is 16.2. The number of aromatic nitrogens is 4. The van der Waals surface area contributed by atoms with E-state index < -0.39 is 0 Å². The van der Waals surface area contributed by atoms with Crippen LogP contribution >= 0.6 is 0 Å². The van der Waals surface area contributed by atoms with Gasteiger partial charge < -0.3 is 4.90 Å². The normalized spacial score (nSPS) is 22.0. The van der Waals surface area contributed by atoms with Gasteiger partial charge in [0.15, 0.2) is 5.65 Å². The van der Waals surface area contributed by atoms with Gasteiger partial charge >= 0.3 is 0 Å². The van der Waals surface area contributed by atoms with Crippen molar-refractivity contribution < 1.29 is 4.79 Å². The smallest absolute Gasteiger partial charge is 0.230 e. The third-order valence-electron chi connectivity index (χ3n) is 8.80. The van der Waals surface area contributed by atoms with E-state index in [9.17, 15) is 10.1 Å². The highest BCUT2D eigenvalue weighted by molar-refractivity contribution is 5.85. The molecule has 0 N–H and O–H groups in total. The fourth-order valence-electron chi connectivity index (χ4n) is 6.98. The van der Waals surface area contributed by atoms with E-state index in [0.29, 0.717) is 24.7 Å². The van der Waals surface area contributed by atoms with Gasteiger partial charge in [-0.05, 0) is 81.0 Å². The second kappa shape index (κ2) is 10.0. The molecule has 0 bridgehead atoms. The average Bonchev–Trinajstić information content (AvgIpc) is 3.40. The Hall–Kier alpha value is -3.31. The van der Waals surface area contributed by atoms with Gasteiger partial charge in [-0.3, -0.25) is 14.7 Å². The lowest BCUT2D eigenvalue weighted by molar-refractivity contribution is -0.139. The zero-order chi connectivity index (χ0) is 27.2. The Morgan fingerprint density at radius 2 is 1.85 bits per heavy atom. The minimum atomic E-state index is -0.306. The molecule has 204 valence electrons. The Morgan fingerprint density at radius 3 is 2.62 bits per heavy atom. The molecule has 8 heteroatoms. The van der Waals surface area contributed by atoms with Gasteiger partial charge in [0.1, 0.15) is 11.8 Å². The minimum Gasteiger partial charge on any atom is -0.338 e. The molecule has 39 heavy (non-hydrogen) atoms. The largest absolute Gasteiger partial charge is 0.338 e. The minimum absolute atomic E-state index is 0.0562. The van der Waals surface area contributed by atoms with Crippen molar-refractivity contribution in [3.05, 3.63) is 58.3 Å². The van der Waals surface area contributed by atoms with Gasteiger partial charge in [0.25, 0.3) is 0 Å². The number of likely N-dealkylation sites (tertiary alicyclic amines) is 2. The highest BCUT2D eigenvalue weighted by Gasteiger charge is 2.48. The van der Waals surface area contributed by atoms with Crippen LogP contribution in [0.25, 0.3) is 5.65 Å². The predicted molar refractivity (Wildman–Crippen MR) is 149 cm³/mol. The van der Waals surface area contributed by atoms with Crippen LogP contribution in [0, 0.1) is 22.2 Å². The number of piperidine rings is 1. The number of fused-ring (bicyclic) bond motifs is 3. The van der Waals surface area contributed by atoms with E-state index in [2.05, 4.69) is 41.2 Å². The zero-order valence-corrected chi connectivity index (χ0v) is 23.5. The van der Waals surface area contributed by atoms with Crippen molar-refractivity contribution in [2.75, 3.05) is 19.6 Å². The second-order valence-corrected chi connectivity index (χ2v) is 13.0. The number of amides is 1. The molecule has 1 amide bonds. The number of nitriles is 1. The van der Waals surface area contributed by atoms with E-state index in [4.69, 9.17) is 10.1 Å². The molecule has 1 aliphatic carbocycles. The topological polar surface area (TPSA) is 90.4 Å². The van der Waals surface area contributed by atoms with Crippen LogP contribution in [-0.4, -0.2) is 54.9 Å². The van der Waals surface area contributed by atoms with Gasteiger partial charge in [-0.25, -0.2) is 9.50 Å². The summed E-state index contributed by atoms with van der Waals surface area (Å²) in [7, 11) is 0. The molecular weight excluding hydrogens is 486 g/mol. The standard InChI is InChI=1S/C31H39N7O/c1-30(2,3)17-24-26(35-38-27-8-5-4-7-23(27)25(18-32)34-28(24)38)20-36-15-6-11-31(21-36)12-16-37(29(31)39)19-22-9-13-33-14-10-22/h9-10,13-14H,4-8,11-12,15-17,19-21H2,1-3H3. The first-order valence-electron chi connectivity index (χ1n) is 14.5. The average molecular weight is 526 g/mol. The van der Waals surface area contributed by atoms with Gasteiger partial charge in [-0.2, -0.15) is 10.4 Å². The molecule has 1 spiro atoms. The monoisotopic (exact) mass is 525 g/mol. The molecule has 6 rings (SSSR count). The first-order chi connectivity index (χ1) is 18.8. The first kappa shape index (κ1) is 25.9. The lowest BCUT2D eigenvalue weighted by atomic mass is 9.78. The number of carbonyl (C=O) groups excluding carboxylic acids is 1. The van der Waals surface area contributed by atoms with Crippen molar-refractivity contribution in [1.29, 1.82) is 5.26 Å². The first-order valence-corrected chi connectivity index (χ1v) is 14.5. The summed E-state index contributed by atoms with van der Waals surface area (Å²) in [6.07, 6.45) is 11.4. The predicted octanol–water partition coefficient (Wildman–Crippen LogP) is 4.48. The summed E-state index contributed by atoms with van der Waals surface area (Å²) in [5.41, 5.74) is 6.76. The summed E-state index contributed by atoms with van der Waals surface area (Å²) in [5, 5.41) is 15.1. The van der Waals surface area contributed by atoms with E-state index in [1.807, 2.05) is 17.0 Å². The molecule has 1 atom stereocenters. The number of carbonyl (C=O) groups is 1. The van der Waals surface area contributed by atoms with Crippen LogP contribution in [0.2, 0.25) is 0 Å². The van der Waals surface area contributed by atoms with Crippen molar-refractivity contribution in [2.45, 2.75) is 85.2 Å². The van der Waals surface area contributed by atoms with Gasteiger partial charge in [0.2, 0.25) is 5.91 Å². The van der Waals surface area contributed by atoms with Crippen molar-refractivity contribution in [2.24, 2.45) is 10.8 Å². The number of aryl methyl sites for hydroxylation is 1. The van der Waals surface area contributed by atoms with Crippen LogP contribution in [0.5, 0.6) is 0 Å². The summed E-state index contributed by atoms with van der Waals surface area (Å²) >= 11 is 0. The van der Waals surface area contributed by atoms with Crippen LogP contribution in [0.15, 0.2) is 24.5 Å². The third kappa shape index (κ3) is 4.93. The summed E-state index contributed by atoms with van der Waals surface area (Å²) in [6.45, 7) is 10.7. The Balaban J connectivity index is 1.30. The van der Waals surface area contributed by atoms with Crippen LogP contribution in [0.4, 0.5) is 0 Å². The Morgan fingerprint density at radius 1 is 1.05 bits per heavy atom.